The molecular formula is C31H14F7NO8. The van der Waals surface area contributed by atoms with Gasteiger partial charge in [0.25, 0.3) is 5.91 Å². The summed E-state index contributed by atoms with van der Waals surface area (Å²) in [6.45, 7) is 2.23. The number of nitrogens with one attached hydrogen (secondary N) is 1. The first kappa shape index (κ1) is 31.1. The lowest BCUT2D eigenvalue weighted by Crippen LogP contribution is -2.33. The molecule has 2 heterocycles. The highest BCUT2D eigenvalue weighted by Crippen LogP contribution is 2.58. The molecule has 4 aromatic carbocycles. The van der Waals surface area contributed by atoms with E-state index < -0.39 is 92.5 Å². The molecule has 0 aliphatic carbocycles. The van der Waals surface area contributed by atoms with Crippen LogP contribution in [0.15, 0.2) is 42.5 Å². The van der Waals surface area contributed by atoms with E-state index in [4.69, 9.17) is 18.9 Å². The second kappa shape index (κ2) is 10.9. The van der Waals surface area contributed by atoms with Gasteiger partial charge in [-0.3, -0.25) is 14.4 Å². The van der Waals surface area contributed by atoms with Crippen molar-refractivity contribution in [2.24, 2.45) is 0 Å². The molecule has 6 rings (SSSR count). The number of ether oxygens (including phenoxy) is 4. The fraction of sp³-hybridized carbons (Fsp3) is 0.0968. The summed E-state index contributed by atoms with van der Waals surface area (Å²) in [6, 6.07) is 8.03. The maximum absolute atomic E-state index is 16.0. The molecule has 0 bridgehead atoms. The van der Waals surface area contributed by atoms with Crippen molar-refractivity contribution >= 4 is 29.5 Å². The number of halogens is 7. The van der Waals surface area contributed by atoms with Gasteiger partial charge in [0.2, 0.25) is 5.82 Å². The fourth-order valence-corrected chi connectivity index (χ4v) is 5.31. The van der Waals surface area contributed by atoms with Gasteiger partial charge in [-0.15, -0.1) is 0 Å². The Bertz CT molecular complexity index is 2020. The number of hydrogen-bond acceptors (Lipinski definition) is 8. The topological polar surface area (TPSA) is 117 Å². The third kappa shape index (κ3) is 4.71. The monoisotopic (exact) mass is 661 g/mol. The third-order valence-corrected chi connectivity index (χ3v) is 7.13. The van der Waals surface area contributed by atoms with E-state index in [0.717, 1.165) is 13.8 Å². The van der Waals surface area contributed by atoms with E-state index in [1.807, 2.05) is 0 Å². The number of anilines is 1. The van der Waals surface area contributed by atoms with Gasteiger partial charge in [0, 0.05) is 42.7 Å². The SMILES string of the molecule is CC(=O)Oc1ccc2c(c1)Oc1cc(OC(C)=O)ccc1C21OC(=O)c2c1cc(F)c(NC(=O)c1c(F)c(F)c(F)c(F)c1F)c2F. The molecule has 2 aliphatic rings. The highest BCUT2D eigenvalue weighted by molar-refractivity contribution is 6.06. The average molecular weight is 661 g/mol. The molecule has 9 nitrogen and oxygen atoms in total. The van der Waals surface area contributed by atoms with Gasteiger partial charge in [-0.25, -0.2) is 35.5 Å². The summed E-state index contributed by atoms with van der Waals surface area (Å²) in [6.07, 6.45) is 0. The number of carbonyl (C=O) groups is 4. The number of amides is 1. The van der Waals surface area contributed by atoms with Crippen LogP contribution in [0.4, 0.5) is 36.4 Å². The van der Waals surface area contributed by atoms with Gasteiger partial charge < -0.3 is 24.3 Å². The molecular weight excluding hydrogens is 647 g/mol. The van der Waals surface area contributed by atoms with Crippen LogP contribution in [0.25, 0.3) is 0 Å². The Hall–Kier alpha value is -5.93. The van der Waals surface area contributed by atoms with Crippen molar-refractivity contribution in [3.05, 3.63) is 111 Å². The summed E-state index contributed by atoms with van der Waals surface area (Å²) < 4.78 is 123. The number of rotatable bonds is 4. The molecule has 240 valence electrons. The molecule has 16 heteroatoms. The van der Waals surface area contributed by atoms with Crippen molar-refractivity contribution in [3.63, 3.8) is 0 Å². The molecule has 47 heavy (non-hydrogen) atoms. The highest BCUT2D eigenvalue weighted by atomic mass is 19.2. The van der Waals surface area contributed by atoms with E-state index in [-0.39, 0.29) is 34.1 Å². The summed E-state index contributed by atoms with van der Waals surface area (Å²) in [4.78, 5) is 49.0. The minimum absolute atomic E-state index is 0.0368. The second-order valence-corrected chi connectivity index (χ2v) is 10.0. The van der Waals surface area contributed by atoms with E-state index in [2.05, 4.69) is 0 Å². The van der Waals surface area contributed by atoms with Crippen LogP contribution in [0.3, 0.4) is 0 Å². The normalized spacial score (nSPS) is 13.6. The van der Waals surface area contributed by atoms with Crippen LogP contribution in [0.2, 0.25) is 0 Å². The fourth-order valence-electron chi connectivity index (χ4n) is 5.31. The van der Waals surface area contributed by atoms with E-state index in [0.29, 0.717) is 6.07 Å². The first-order chi connectivity index (χ1) is 22.1. The number of hydrogen-bond donors (Lipinski definition) is 1. The van der Waals surface area contributed by atoms with Crippen LogP contribution in [-0.2, 0) is 19.9 Å². The number of benzene rings is 4. The minimum atomic E-state index is -2.57. The maximum atomic E-state index is 16.0. The third-order valence-electron chi connectivity index (χ3n) is 7.13. The van der Waals surface area contributed by atoms with Crippen molar-refractivity contribution in [1.82, 2.24) is 0 Å². The van der Waals surface area contributed by atoms with Crippen molar-refractivity contribution in [3.8, 4) is 23.0 Å². The summed E-state index contributed by atoms with van der Waals surface area (Å²) in [5.41, 5.74) is -7.27. The van der Waals surface area contributed by atoms with Gasteiger partial charge >= 0.3 is 17.9 Å². The van der Waals surface area contributed by atoms with Crippen LogP contribution >= 0.6 is 0 Å². The van der Waals surface area contributed by atoms with Gasteiger partial charge in [0.05, 0.1) is 0 Å². The number of carbonyl (C=O) groups excluding carboxylic acids is 4. The summed E-state index contributed by atoms with van der Waals surface area (Å²) in [7, 11) is 0. The van der Waals surface area contributed by atoms with E-state index in [1.54, 1.807) is 0 Å². The first-order valence-electron chi connectivity index (χ1n) is 13.1. The number of fused-ring (bicyclic) bond motifs is 6. The lowest BCUT2D eigenvalue weighted by atomic mass is 9.77. The predicted octanol–water partition coefficient (Wildman–Crippen LogP) is 6.33. The standard InChI is InChI=1S/C31H14F7NO8/c1-10(40)44-12-3-5-14-18(7-12)46-19-8-13(45-11(2)41)4-6-15(19)31(14)16-9-17(32)28(24(35)20(16)30(43)47-31)39-29(42)21-22(33)25(36)27(38)26(37)23(21)34/h3-9H,1-2H3,(H,39,42). The molecule has 1 spiro atoms. The Morgan fingerprint density at radius 1 is 0.681 bits per heavy atom. The molecule has 0 saturated heterocycles. The van der Waals surface area contributed by atoms with E-state index in [1.165, 1.54) is 41.7 Å². The first-order valence-corrected chi connectivity index (χ1v) is 13.1. The average Bonchev–Trinajstić information content (AvgIpc) is 3.28. The molecule has 0 atom stereocenters. The Morgan fingerprint density at radius 2 is 1.17 bits per heavy atom. The summed E-state index contributed by atoms with van der Waals surface area (Å²) >= 11 is 0. The molecule has 0 unspecified atom stereocenters. The number of esters is 3. The molecule has 0 radical (unpaired) electrons. The molecule has 0 saturated carbocycles. The second-order valence-electron chi connectivity index (χ2n) is 10.0. The smallest absolute Gasteiger partial charge is 0.343 e. The quantitative estimate of drug-likeness (QED) is 0.0887. The highest BCUT2D eigenvalue weighted by Gasteiger charge is 2.55. The van der Waals surface area contributed by atoms with Crippen molar-refractivity contribution in [2.45, 2.75) is 19.4 Å². The Kier molecular flexibility index (Phi) is 7.17. The predicted molar refractivity (Wildman–Crippen MR) is 141 cm³/mol. The van der Waals surface area contributed by atoms with E-state index >= 15 is 8.78 Å². The zero-order chi connectivity index (χ0) is 34.1. The molecule has 2 aliphatic heterocycles. The molecule has 1 amide bonds. The minimum Gasteiger partial charge on any atom is -0.456 e. The van der Waals surface area contributed by atoms with Crippen molar-refractivity contribution < 1.29 is 68.9 Å². The lowest BCUT2D eigenvalue weighted by Gasteiger charge is -2.36. The van der Waals surface area contributed by atoms with Gasteiger partial charge in [0.1, 0.15) is 45.6 Å². The maximum Gasteiger partial charge on any atom is 0.343 e. The van der Waals surface area contributed by atoms with Crippen LogP contribution in [0, 0.1) is 40.7 Å². The van der Waals surface area contributed by atoms with Gasteiger partial charge in [-0.1, -0.05) is 0 Å². The van der Waals surface area contributed by atoms with Crippen LogP contribution in [-0.4, -0.2) is 23.8 Å². The molecule has 4 aromatic rings. The summed E-state index contributed by atoms with van der Waals surface area (Å²) in [5, 5.41) is 1.43. The van der Waals surface area contributed by atoms with Crippen LogP contribution in [0.5, 0.6) is 23.0 Å². The molecule has 0 fully saturated rings. The lowest BCUT2D eigenvalue weighted by molar-refractivity contribution is -0.132. The largest absolute Gasteiger partial charge is 0.456 e. The zero-order valence-corrected chi connectivity index (χ0v) is 23.5. The Morgan fingerprint density at radius 3 is 1.66 bits per heavy atom. The van der Waals surface area contributed by atoms with Gasteiger partial charge in [0.15, 0.2) is 34.7 Å². The van der Waals surface area contributed by atoms with E-state index in [9.17, 15) is 41.1 Å². The van der Waals surface area contributed by atoms with Gasteiger partial charge in [-0.05, 0) is 30.3 Å². The van der Waals surface area contributed by atoms with Crippen molar-refractivity contribution in [2.75, 3.05) is 5.32 Å². The van der Waals surface area contributed by atoms with Crippen LogP contribution < -0.4 is 19.5 Å². The molecule has 1 N–H and O–H groups in total. The van der Waals surface area contributed by atoms with Crippen molar-refractivity contribution in [1.29, 1.82) is 0 Å². The van der Waals surface area contributed by atoms with Gasteiger partial charge in [-0.2, -0.15) is 0 Å². The zero-order valence-electron chi connectivity index (χ0n) is 23.5. The Balaban J connectivity index is 1.53. The summed E-state index contributed by atoms with van der Waals surface area (Å²) in [5.74, 6) is -21.5. The molecule has 0 aromatic heterocycles. The van der Waals surface area contributed by atoms with Crippen LogP contribution in [0.1, 0.15) is 51.3 Å². The Labute approximate surface area is 257 Å².